The van der Waals surface area contributed by atoms with Gasteiger partial charge in [-0.2, -0.15) is 4.72 Å². The van der Waals surface area contributed by atoms with Crippen molar-refractivity contribution in [3.05, 3.63) is 23.2 Å². The van der Waals surface area contributed by atoms with Crippen LogP contribution in [0.1, 0.15) is 13.8 Å². The van der Waals surface area contributed by atoms with E-state index in [-0.39, 0.29) is 10.6 Å². The van der Waals surface area contributed by atoms with Crippen molar-refractivity contribution in [3.8, 4) is 5.75 Å². The van der Waals surface area contributed by atoms with Gasteiger partial charge in [0.15, 0.2) is 0 Å². The maximum atomic E-state index is 12.2. The summed E-state index contributed by atoms with van der Waals surface area (Å²) in [6, 6.07) is 2.79. The quantitative estimate of drug-likeness (QED) is 0.832. The minimum atomic E-state index is -4.02. The van der Waals surface area contributed by atoms with E-state index in [0.717, 1.165) is 0 Å². The molecule has 0 saturated heterocycles. The number of nitrogens with one attached hydrogen (secondary N) is 1. The zero-order valence-corrected chi connectivity index (χ0v) is 12.8. The van der Waals surface area contributed by atoms with Gasteiger partial charge in [-0.05, 0) is 18.1 Å². The van der Waals surface area contributed by atoms with Crippen molar-refractivity contribution in [2.75, 3.05) is 7.11 Å². The third kappa shape index (κ3) is 3.84. The SMILES string of the molecule is COc1cc(Cl)ccc1S(=O)(=O)N[C@H](C(=O)O)C(C)C. The summed E-state index contributed by atoms with van der Waals surface area (Å²) >= 11 is 5.76. The lowest BCUT2D eigenvalue weighted by atomic mass is 10.1. The Kier molecular flexibility index (Phi) is 5.38. The Morgan fingerprint density at radius 1 is 1.40 bits per heavy atom. The molecule has 112 valence electrons. The van der Waals surface area contributed by atoms with Crippen LogP contribution in [0.3, 0.4) is 0 Å². The molecule has 8 heteroatoms. The molecule has 0 amide bonds. The number of sulfonamides is 1. The van der Waals surface area contributed by atoms with E-state index >= 15 is 0 Å². The molecule has 20 heavy (non-hydrogen) atoms. The van der Waals surface area contributed by atoms with E-state index in [4.69, 9.17) is 21.4 Å². The summed E-state index contributed by atoms with van der Waals surface area (Å²) in [7, 11) is -2.72. The number of aliphatic carboxylic acids is 1. The van der Waals surface area contributed by atoms with E-state index in [9.17, 15) is 13.2 Å². The van der Waals surface area contributed by atoms with Gasteiger partial charge in [0, 0.05) is 11.1 Å². The second kappa shape index (κ2) is 6.43. The molecule has 6 nitrogen and oxygen atoms in total. The molecule has 0 spiro atoms. The number of hydrogen-bond donors (Lipinski definition) is 2. The summed E-state index contributed by atoms with van der Waals surface area (Å²) in [5.74, 6) is -1.59. The van der Waals surface area contributed by atoms with E-state index in [2.05, 4.69) is 4.72 Å². The number of carboxylic acid groups (broad SMARTS) is 1. The molecule has 0 saturated carbocycles. The molecule has 0 radical (unpaired) electrons. The molecule has 1 rings (SSSR count). The number of benzene rings is 1. The molecule has 2 N–H and O–H groups in total. The Labute approximate surface area is 122 Å². The maximum absolute atomic E-state index is 12.2. The lowest BCUT2D eigenvalue weighted by Crippen LogP contribution is -2.44. The third-order valence-electron chi connectivity index (χ3n) is 2.63. The Morgan fingerprint density at radius 3 is 2.45 bits per heavy atom. The molecular weight excluding hydrogens is 306 g/mol. The Bertz CT molecular complexity index is 600. The van der Waals surface area contributed by atoms with Crippen LogP contribution < -0.4 is 9.46 Å². The molecule has 0 fully saturated rings. The highest BCUT2D eigenvalue weighted by Gasteiger charge is 2.29. The minimum absolute atomic E-state index is 0.0536. The minimum Gasteiger partial charge on any atom is -0.495 e. The number of methoxy groups -OCH3 is 1. The fourth-order valence-electron chi connectivity index (χ4n) is 1.57. The third-order valence-corrected chi connectivity index (χ3v) is 4.35. The zero-order chi connectivity index (χ0) is 15.5. The van der Waals surface area contributed by atoms with Crippen LogP contribution in [0.5, 0.6) is 5.75 Å². The molecule has 0 bridgehead atoms. The normalized spacial score (nSPS) is 13.2. The highest BCUT2D eigenvalue weighted by molar-refractivity contribution is 7.89. The first kappa shape index (κ1) is 16.7. The Balaban J connectivity index is 3.20. The lowest BCUT2D eigenvalue weighted by molar-refractivity contribution is -0.140. The maximum Gasteiger partial charge on any atom is 0.322 e. The van der Waals surface area contributed by atoms with Gasteiger partial charge in [-0.15, -0.1) is 0 Å². The van der Waals surface area contributed by atoms with Crippen molar-refractivity contribution in [2.24, 2.45) is 5.92 Å². The van der Waals surface area contributed by atoms with Crippen LogP contribution in [-0.2, 0) is 14.8 Å². The lowest BCUT2D eigenvalue weighted by Gasteiger charge is -2.19. The van der Waals surface area contributed by atoms with E-state index in [1.165, 1.54) is 25.3 Å². The molecule has 0 aliphatic carbocycles. The van der Waals surface area contributed by atoms with Crippen LogP contribution in [0.15, 0.2) is 23.1 Å². The van der Waals surface area contributed by atoms with Crippen LogP contribution in [-0.4, -0.2) is 32.6 Å². The van der Waals surface area contributed by atoms with E-state index in [1.54, 1.807) is 13.8 Å². The molecule has 0 aliphatic rings. The largest absolute Gasteiger partial charge is 0.495 e. The first-order chi connectivity index (χ1) is 9.19. The molecule has 1 aromatic carbocycles. The highest BCUT2D eigenvalue weighted by atomic mass is 35.5. The number of carboxylic acids is 1. The first-order valence-electron chi connectivity index (χ1n) is 5.77. The van der Waals surface area contributed by atoms with Gasteiger partial charge in [0.25, 0.3) is 0 Å². The molecule has 1 aromatic rings. The van der Waals surface area contributed by atoms with Gasteiger partial charge in [0.2, 0.25) is 10.0 Å². The van der Waals surface area contributed by atoms with Crippen molar-refractivity contribution in [1.82, 2.24) is 4.72 Å². The van der Waals surface area contributed by atoms with Gasteiger partial charge in [0.1, 0.15) is 16.7 Å². The van der Waals surface area contributed by atoms with Crippen molar-refractivity contribution in [2.45, 2.75) is 24.8 Å². The molecule has 0 aliphatic heterocycles. The number of hydrogen-bond acceptors (Lipinski definition) is 4. The second-order valence-electron chi connectivity index (χ2n) is 4.48. The average Bonchev–Trinajstić information content (AvgIpc) is 2.34. The van der Waals surface area contributed by atoms with Gasteiger partial charge in [-0.25, -0.2) is 8.42 Å². The summed E-state index contributed by atoms with van der Waals surface area (Å²) in [5.41, 5.74) is 0. The van der Waals surface area contributed by atoms with Crippen LogP contribution >= 0.6 is 11.6 Å². The fourth-order valence-corrected chi connectivity index (χ4v) is 3.22. The smallest absolute Gasteiger partial charge is 0.322 e. The number of ether oxygens (including phenoxy) is 1. The zero-order valence-electron chi connectivity index (χ0n) is 11.3. The first-order valence-corrected chi connectivity index (χ1v) is 7.64. The molecule has 0 aromatic heterocycles. The van der Waals surface area contributed by atoms with Crippen LogP contribution in [0.2, 0.25) is 5.02 Å². The molecular formula is C12H16ClNO5S. The van der Waals surface area contributed by atoms with E-state index < -0.39 is 28.0 Å². The summed E-state index contributed by atoms with van der Waals surface area (Å²) in [6.45, 7) is 3.22. The van der Waals surface area contributed by atoms with Crippen molar-refractivity contribution < 1.29 is 23.1 Å². The second-order valence-corrected chi connectivity index (χ2v) is 6.60. The molecule has 0 heterocycles. The summed E-state index contributed by atoms with van der Waals surface area (Å²) in [5, 5.41) is 9.36. The number of carbonyl (C=O) groups is 1. The number of halogens is 1. The Morgan fingerprint density at radius 2 is 2.00 bits per heavy atom. The van der Waals surface area contributed by atoms with Crippen molar-refractivity contribution >= 4 is 27.6 Å². The van der Waals surface area contributed by atoms with Gasteiger partial charge in [-0.1, -0.05) is 25.4 Å². The van der Waals surface area contributed by atoms with Gasteiger partial charge >= 0.3 is 5.97 Å². The van der Waals surface area contributed by atoms with E-state index in [1.807, 2.05) is 0 Å². The summed E-state index contributed by atoms with van der Waals surface area (Å²) in [6.07, 6.45) is 0. The Hall–Kier alpha value is -1.31. The van der Waals surface area contributed by atoms with Gasteiger partial charge in [-0.3, -0.25) is 4.79 Å². The topological polar surface area (TPSA) is 92.7 Å². The highest BCUT2D eigenvalue weighted by Crippen LogP contribution is 2.27. The average molecular weight is 322 g/mol. The number of rotatable bonds is 6. The van der Waals surface area contributed by atoms with Crippen LogP contribution in [0.25, 0.3) is 0 Å². The van der Waals surface area contributed by atoms with Crippen molar-refractivity contribution in [3.63, 3.8) is 0 Å². The predicted octanol–water partition coefficient (Wildman–Crippen LogP) is 1.74. The molecule has 1 atom stereocenters. The van der Waals surface area contributed by atoms with E-state index in [0.29, 0.717) is 5.02 Å². The monoisotopic (exact) mass is 321 g/mol. The summed E-state index contributed by atoms with van der Waals surface area (Å²) in [4.78, 5) is 10.9. The summed E-state index contributed by atoms with van der Waals surface area (Å²) < 4.78 is 31.6. The van der Waals surface area contributed by atoms with Crippen molar-refractivity contribution in [1.29, 1.82) is 0 Å². The van der Waals surface area contributed by atoms with Crippen LogP contribution in [0, 0.1) is 5.92 Å². The molecule has 0 unspecified atom stereocenters. The van der Waals surface area contributed by atoms with Crippen LogP contribution in [0.4, 0.5) is 0 Å². The van der Waals surface area contributed by atoms with Gasteiger partial charge in [0.05, 0.1) is 7.11 Å². The van der Waals surface area contributed by atoms with Gasteiger partial charge < -0.3 is 9.84 Å². The predicted molar refractivity (Wildman–Crippen MR) is 74.6 cm³/mol. The fraction of sp³-hybridized carbons (Fsp3) is 0.417. The standard InChI is InChI=1S/C12H16ClNO5S/c1-7(2)11(12(15)16)14-20(17,18)10-5-4-8(13)6-9(10)19-3/h4-7,11,14H,1-3H3,(H,15,16)/t11-/m0/s1.